The number of H-pyrrole nitrogens is 1. The average Bonchev–Trinajstić information content (AvgIpc) is 3.37. The van der Waals surface area contributed by atoms with Crippen LogP contribution in [0.5, 0.6) is 0 Å². The monoisotopic (exact) mass is 422 g/mol. The van der Waals surface area contributed by atoms with Gasteiger partial charge in [-0.2, -0.15) is 0 Å². The van der Waals surface area contributed by atoms with Crippen molar-refractivity contribution < 1.29 is 9.21 Å². The number of carbonyl (C=O) groups excluding carboxylic acids is 1. The van der Waals surface area contributed by atoms with Gasteiger partial charge in [-0.15, -0.1) is 0 Å². The second kappa shape index (κ2) is 8.04. The highest BCUT2D eigenvalue weighted by atomic mass is 16.3. The van der Waals surface area contributed by atoms with Gasteiger partial charge >= 0.3 is 0 Å². The van der Waals surface area contributed by atoms with Crippen LogP contribution in [-0.4, -0.2) is 17.4 Å². The van der Waals surface area contributed by atoms with Gasteiger partial charge in [0.1, 0.15) is 5.58 Å². The number of fused-ring (bicyclic) bond motifs is 2. The fourth-order valence-corrected chi connectivity index (χ4v) is 4.44. The van der Waals surface area contributed by atoms with Crippen LogP contribution in [0.15, 0.2) is 77.3 Å². The van der Waals surface area contributed by atoms with Crippen molar-refractivity contribution >= 4 is 27.8 Å². The molecule has 0 saturated heterocycles. The predicted octanol–water partition coefficient (Wildman–Crippen LogP) is 6.40. The maximum absolute atomic E-state index is 13.2. The summed E-state index contributed by atoms with van der Waals surface area (Å²) in [5, 5.41) is 5.30. The molecule has 0 bridgehead atoms. The summed E-state index contributed by atoms with van der Waals surface area (Å²) >= 11 is 0. The molecular formula is C28H26N2O2. The number of nitrogens with one attached hydrogen (secondary N) is 2. The van der Waals surface area contributed by atoms with E-state index in [-0.39, 0.29) is 11.8 Å². The zero-order valence-electron chi connectivity index (χ0n) is 18.5. The van der Waals surface area contributed by atoms with E-state index in [0.717, 1.165) is 33.2 Å². The molecule has 3 aromatic carbocycles. The maximum Gasteiger partial charge on any atom is 0.287 e. The van der Waals surface area contributed by atoms with Crippen LogP contribution in [0, 0.1) is 20.8 Å². The maximum atomic E-state index is 13.2. The minimum absolute atomic E-state index is 0.0190. The van der Waals surface area contributed by atoms with E-state index in [0.29, 0.717) is 12.3 Å². The molecule has 0 radical (unpaired) electrons. The Morgan fingerprint density at radius 3 is 2.47 bits per heavy atom. The molecule has 5 rings (SSSR count). The number of hydrogen-bond acceptors (Lipinski definition) is 2. The number of hydrogen-bond donors (Lipinski definition) is 2. The van der Waals surface area contributed by atoms with Crippen molar-refractivity contribution in [2.75, 3.05) is 6.54 Å². The average molecular weight is 423 g/mol. The van der Waals surface area contributed by atoms with Gasteiger partial charge in [-0.05, 0) is 61.2 Å². The largest absolute Gasteiger partial charge is 0.451 e. The summed E-state index contributed by atoms with van der Waals surface area (Å²) in [7, 11) is 0. The quantitative estimate of drug-likeness (QED) is 0.344. The fourth-order valence-electron chi connectivity index (χ4n) is 4.44. The number of carbonyl (C=O) groups is 1. The number of amides is 1. The van der Waals surface area contributed by atoms with Gasteiger partial charge in [-0.3, -0.25) is 4.79 Å². The smallest absolute Gasteiger partial charge is 0.287 e. The van der Waals surface area contributed by atoms with Crippen LogP contribution >= 0.6 is 0 Å². The lowest BCUT2D eigenvalue weighted by atomic mass is 9.91. The van der Waals surface area contributed by atoms with E-state index in [1.165, 1.54) is 16.5 Å². The van der Waals surface area contributed by atoms with Crippen LogP contribution in [-0.2, 0) is 0 Å². The third-order valence-corrected chi connectivity index (χ3v) is 6.42. The Morgan fingerprint density at radius 2 is 1.66 bits per heavy atom. The molecule has 1 amide bonds. The Bertz CT molecular complexity index is 1430. The molecular weight excluding hydrogens is 396 g/mol. The molecule has 4 heteroatoms. The molecule has 160 valence electrons. The van der Waals surface area contributed by atoms with E-state index in [4.69, 9.17) is 4.42 Å². The fraction of sp³-hybridized carbons (Fsp3) is 0.179. The first kappa shape index (κ1) is 20.1. The van der Waals surface area contributed by atoms with Crippen molar-refractivity contribution in [3.8, 4) is 0 Å². The minimum atomic E-state index is -0.185. The molecule has 0 spiro atoms. The van der Waals surface area contributed by atoms with Gasteiger partial charge in [0.05, 0.1) is 0 Å². The zero-order chi connectivity index (χ0) is 22.2. The summed E-state index contributed by atoms with van der Waals surface area (Å²) < 4.78 is 5.98. The molecule has 0 aliphatic carbocycles. The normalized spacial score (nSPS) is 12.3. The van der Waals surface area contributed by atoms with Gasteiger partial charge in [0.25, 0.3) is 5.91 Å². The summed E-state index contributed by atoms with van der Waals surface area (Å²) in [6, 6.07) is 22.7. The van der Waals surface area contributed by atoms with Crippen LogP contribution in [0.25, 0.3) is 21.9 Å². The van der Waals surface area contributed by atoms with E-state index >= 15 is 0 Å². The van der Waals surface area contributed by atoms with Gasteiger partial charge in [-0.1, -0.05) is 48.5 Å². The van der Waals surface area contributed by atoms with Gasteiger partial charge < -0.3 is 14.7 Å². The summed E-state index contributed by atoms with van der Waals surface area (Å²) in [6.07, 6.45) is 2.05. The molecule has 4 nitrogen and oxygen atoms in total. The molecule has 2 heterocycles. The number of furan rings is 1. The lowest BCUT2D eigenvalue weighted by molar-refractivity contribution is 0.0926. The highest BCUT2D eigenvalue weighted by molar-refractivity contribution is 5.99. The first-order valence-corrected chi connectivity index (χ1v) is 10.9. The summed E-state index contributed by atoms with van der Waals surface area (Å²) in [6.45, 7) is 6.55. The van der Waals surface area contributed by atoms with Gasteiger partial charge in [0, 0.05) is 40.5 Å². The number of para-hydroxylation sites is 1. The first-order chi connectivity index (χ1) is 15.5. The highest BCUT2D eigenvalue weighted by Gasteiger charge is 2.22. The highest BCUT2D eigenvalue weighted by Crippen LogP contribution is 2.31. The Morgan fingerprint density at radius 1 is 0.938 bits per heavy atom. The molecule has 0 aliphatic heterocycles. The van der Waals surface area contributed by atoms with Gasteiger partial charge in [-0.25, -0.2) is 0 Å². The number of aromatic amines is 1. The number of aromatic nitrogens is 1. The first-order valence-electron chi connectivity index (χ1n) is 10.9. The van der Waals surface area contributed by atoms with E-state index in [2.05, 4.69) is 54.5 Å². The second-order valence-electron chi connectivity index (χ2n) is 8.45. The van der Waals surface area contributed by atoms with Gasteiger partial charge in [0.2, 0.25) is 0 Å². The van der Waals surface area contributed by atoms with E-state index < -0.39 is 0 Å². The van der Waals surface area contributed by atoms with Crippen LogP contribution in [0.1, 0.15) is 44.3 Å². The van der Waals surface area contributed by atoms with Crippen LogP contribution < -0.4 is 5.32 Å². The Balaban J connectivity index is 1.47. The molecule has 32 heavy (non-hydrogen) atoms. The van der Waals surface area contributed by atoms with Crippen LogP contribution in [0.3, 0.4) is 0 Å². The number of aryl methyl sites for hydroxylation is 3. The Kier molecular flexibility index (Phi) is 5.06. The summed E-state index contributed by atoms with van der Waals surface area (Å²) in [5.41, 5.74) is 7.40. The second-order valence-corrected chi connectivity index (χ2v) is 8.45. The van der Waals surface area contributed by atoms with E-state index in [1.54, 1.807) is 0 Å². The molecule has 0 aliphatic rings. The minimum Gasteiger partial charge on any atom is -0.451 e. The van der Waals surface area contributed by atoms with Crippen molar-refractivity contribution in [1.29, 1.82) is 0 Å². The summed E-state index contributed by atoms with van der Waals surface area (Å²) in [4.78, 5) is 16.5. The lowest BCUT2D eigenvalue weighted by Gasteiger charge is -2.18. The SMILES string of the molecule is Cc1cc2oc(C(=O)NCC(c3ccccc3)c3c[nH]c4ccccc34)c(C)c2cc1C. The van der Waals surface area contributed by atoms with Crippen LogP contribution in [0.4, 0.5) is 0 Å². The standard InChI is InChI=1S/C28H26N2O2/c1-17-13-22-19(3)27(32-26(22)14-18(17)2)28(31)30-15-23(20-9-5-4-6-10-20)24-16-29-25-12-8-7-11-21(24)25/h4-14,16,23,29H,15H2,1-3H3,(H,30,31). The van der Waals surface area contributed by atoms with E-state index in [9.17, 15) is 4.79 Å². The van der Waals surface area contributed by atoms with Crippen molar-refractivity contribution in [2.24, 2.45) is 0 Å². The Labute approximate surface area is 187 Å². The molecule has 1 unspecified atom stereocenters. The van der Waals surface area contributed by atoms with Crippen LogP contribution in [0.2, 0.25) is 0 Å². The van der Waals surface area contributed by atoms with Crippen molar-refractivity contribution in [2.45, 2.75) is 26.7 Å². The molecule has 0 saturated carbocycles. The van der Waals surface area contributed by atoms with E-state index in [1.807, 2.05) is 49.5 Å². The predicted molar refractivity (Wildman–Crippen MR) is 129 cm³/mol. The molecule has 2 N–H and O–H groups in total. The van der Waals surface area contributed by atoms with Crippen molar-refractivity contribution in [1.82, 2.24) is 10.3 Å². The molecule has 0 fully saturated rings. The van der Waals surface area contributed by atoms with Gasteiger partial charge in [0.15, 0.2) is 5.76 Å². The topological polar surface area (TPSA) is 58.0 Å². The number of benzene rings is 3. The Hall–Kier alpha value is -3.79. The zero-order valence-corrected chi connectivity index (χ0v) is 18.5. The van der Waals surface area contributed by atoms with Crippen molar-refractivity contribution in [3.63, 3.8) is 0 Å². The molecule has 2 aromatic heterocycles. The molecule has 5 aromatic rings. The third kappa shape index (κ3) is 3.48. The lowest BCUT2D eigenvalue weighted by Crippen LogP contribution is -2.29. The van der Waals surface area contributed by atoms with Crippen molar-refractivity contribution in [3.05, 3.63) is 107 Å². The number of rotatable bonds is 5. The summed E-state index contributed by atoms with van der Waals surface area (Å²) in [5.74, 6) is 0.219. The third-order valence-electron chi connectivity index (χ3n) is 6.42. The molecule has 1 atom stereocenters.